The maximum Gasteiger partial charge on any atom is 0.424 e. The van der Waals surface area contributed by atoms with E-state index in [4.69, 9.17) is 5.11 Å². The SMILES string of the molecule is CCCCCCCCCCCC(=O)OC(=O)C(=O)O. The Morgan fingerprint density at radius 3 is 1.79 bits per heavy atom. The molecule has 19 heavy (non-hydrogen) atoms. The Hall–Kier alpha value is -1.39. The van der Waals surface area contributed by atoms with E-state index >= 15 is 0 Å². The van der Waals surface area contributed by atoms with Crippen LogP contribution in [-0.2, 0) is 19.1 Å². The number of rotatable bonds is 10. The van der Waals surface area contributed by atoms with Crippen molar-refractivity contribution in [2.24, 2.45) is 0 Å². The smallest absolute Gasteiger partial charge is 0.424 e. The molecule has 0 radical (unpaired) electrons. The first kappa shape index (κ1) is 17.6. The predicted octanol–water partition coefficient (Wildman–Crippen LogP) is 3.06. The molecule has 110 valence electrons. The number of carboxylic acid groups (broad SMARTS) is 1. The third-order valence-corrected chi connectivity index (χ3v) is 2.87. The number of aliphatic carboxylic acids is 1. The highest BCUT2D eigenvalue weighted by Gasteiger charge is 2.17. The number of carbonyl (C=O) groups excluding carboxylic acids is 2. The first-order valence-electron chi connectivity index (χ1n) is 7.05. The van der Waals surface area contributed by atoms with Gasteiger partial charge in [0.05, 0.1) is 0 Å². The molecule has 0 saturated heterocycles. The van der Waals surface area contributed by atoms with Crippen LogP contribution >= 0.6 is 0 Å². The van der Waals surface area contributed by atoms with Crippen LogP contribution in [0.2, 0.25) is 0 Å². The summed E-state index contributed by atoms with van der Waals surface area (Å²) in [5.41, 5.74) is 0. The highest BCUT2D eigenvalue weighted by Crippen LogP contribution is 2.10. The molecule has 0 aromatic carbocycles. The topological polar surface area (TPSA) is 80.7 Å². The fourth-order valence-corrected chi connectivity index (χ4v) is 1.78. The fraction of sp³-hybridized carbons (Fsp3) is 0.786. The number of unbranched alkanes of at least 4 members (excludes halogenated alkanes) is 8. The second kappa shape index (κ2) is 11.7. The van der Waals surface area contributed by atoms with E-state index in [2.05, 4.69) is 11.7 Å². The molecule has 5 nitrogen and oxygen atoms in total. The molecule has 5 heteroatoms. The Balaban J connectivity index is 3.32. The van der Waals surface area contributed by atoms with Crippen LogP contribution < -0.4 is 0 Å². The first-order chi connectivity index (χ1) is 9.07. The van der Waals surface area contributed by atoms with Crippen LogP contribution in [0.25, 0.3) is 0 Å². The number of carboxylic acids is 1. The molecule has 1 N–H and O–H groups in total. The number of carbonyl (C=O) groups is 3. The van der Waals surface area contributed by atoms with Gasteiger partial charge >= 0.3 is 17.9 Å². The van der Waals surface area contributed by atoms with Crippen molar-refractivity contribution in [3.8, 4) is 0 Å². The van der Waals surface area contributed by atoms with Gasteiger partial charge in [0.2, 0.25) is 0 Å². The van der Waals surface area contributed by atoms with Crippen molar-refractivity contribution < 1.29 is 24.2 Å². The third kappa shape index (κ3) is 11.4. The standard InChI is InChI=1S/C14H24O5/c1-2-3-4-5-6-7-8-9-10-11-12(15)19-14(18)13(16)17/h2-11H2,1H3,(H,16,17). The van der Waals surface area contributed by atoms with Gasteiger partial charge in [0.15, 0.2) is 0 Å². The Labute approximate surface area is 114 Å². The Kier molecular flexibility index (Phi) is 10.8. The van der Waals surface area contributed by atoms with E-state index in [0.29, 0.717) is 6.42 Å². The molecule has 0 rings (SSSR count). The number of hydrogen-bond donors (Lipinski definition) is 1. The van der Waals surface area contributed by atoms with Gasteiger partial charge in [-0.2, -0.15) is 0 Å². The molecule has 0 amide bonds. The Morgan fingerprint density at radius 1 is 0.842 bits per heavy atom. The van der Waals surface area contributed by atoms with Crippen molar-refractivity contribution in [1.29, 1.82) is 0 Å². The van der Waals surface area contributed by atoms with E-state index in [-0.39, 0.29) is 6.42 Å². The largest absolute Gasteiger partial charge is 0.473 e. The first-order valence-corrected chi connectivity index (χ1v) is 7.05. The van der Waals surface area contributed by atoms with Gasteiger partial charge in [-0.15, -0.1) is 0 Å². The van der Waals surface area contributed by atoms with Gasteiger partial charge in [0, 0.05) is 6.42 Å². The van der Waals surface area contributed by atoms with Gasteiger partial charge in [0.1, 0.15) is 0 Å². The summed E-state index contributed by atoms with van der Waals surface area (Å²) in [5, 5.41) is 8.23. The molecule has 0 aromatic heterocycles. The van der Waals surface area contributed by atoms with Crippen molar-refractivity contribution in [3.63, 3.8) is 0 Å². The van der Waals surface area contributed by atoms with Crippen LogP contribution in [0.4, 0.5) is 0 Å². The van der Waals surface area contributed by atoms with E-state index in [1.54, 1.807) is 0 Å². The summed E-state index contributed by atoms with van der Waals surface area (Å²) in [7, 11) is 0. The van der Waals surface area contributed by atoms with E-state index in [1.165, 1.54) is 32.1 Å². The maximum atomic E-state index is 11.1. The minimum absolute atomic E-state index is 0.106. The average Bonchev–Trinajstić information content (AvgIpc) is 2.36. The minimum Gasteiger partial charge on any atom is -0.473 e. The van der Waals surface area contributed by atoms with E-state index in [0.717, 1.165) is 19.3 Å². The van der Waals surface area contributed by atoms with Gasteiger partial charge < -0.3 is 9.84 Å². The van der Waals surface area contributed by atoms with Gasteiger partial charge in [-0.3, -0.25) is 4.79 Å². The second-order valence-corrected chi connectivity index (χ2v) is 4.65. The lowest BCUT2D eigenvalue weighted by Crippen LogP contribution is -2.20. The lowest BCUT2D eigenvalue weighted by molar-refractivity contribution is -0.170. The second-order valence-electron chi connectivity index (χ2n) is 4.65. The van der Waals surface area contributed by atoms with Crippen molar-refractivity contribution >= 4 is 17.9 Å². The molecule has 0 bridgehead atoms. The van der Waals surface area contributed by atoms with Crippen LogP contribution in [0, 0.1) is 0 Å². The van der Waals surface area contributed by atoms with Gasteiger partial charge in [-0.05, 0) is 6.42 Å². The molecule has 0 aromatic rings. The third-order valence-electron chi connectivity index (χ3n) is 2.87. The molecule has 0 unspecified atom stereocenters. The molecule has 0 atom stereocenters. The summed E-state index contributed by atoms with van der Waals surface area (Å²) in [6.07, 6.45) is 10.2. The number of ether oxygens (including phenoxy) is 1. The van der Waals surface area contributed by atoms with Crippen molar-refractivity contribution in [2.45, 2.75) is 71.1 Å². The summed E-state index contributed by atoms with van der Waals surface area (Å²) >= 11 is 0. The predicted molar refractivity (Wildman–Crippen MR) is 70.6 cm³/mol. The van der Waals surface area contributed by atoms with Crippen molar-refractivity contribution in [1.82, 2.24) is 0 Å². The number of hydrogen-bond acceptors (Lipinski definition) is 4. The van der Waals surface area contributed by atoms with Crippen LogP contribution in [0.5, 0.6) is 0 Å². The van der Waals surface area contributed by atoms with E-state index < -0.39 is 17.9 Å². The molecule has 0 aliphatic heterocycles. The average molecular weight is 272 g/mol. The van der Waals surface area contributed by atoms with E-state index in [1.807, 2.05) is 0 Å². The quantitative estimate of drug-likeness (QED) is 0.286. The lowest BCUT2D eigenvalue weighted by atomic mass is 10.1. The fourth-order valence-electron chi connectivity index (χ4n) is 1.78. The summed E-state index contributed by atoms with van der Waals surface area (Å²) in [4.78, 5) is 31.8. The molecule has 0 fully saturated rings. The number of esters is 2. The zero-order chi connectivity index (χ0) is 14.5. The normalized spacial score (nSPS) is 10.2. The monoisotopic (exact) mass is 272 g/mol. The molecule has 0 heterocycles. The van der Waals surface area contributed by atoms with Crippen LogP contribution in [-0.4, -0.2) is 23.0 Å². The molecule has 0 aliphatic carbocycles. The van der Waals surface area contributed by atoms with Gasteiger partial charge in [-0.1, -0.05) is 58.3 Å². The van der Waals surface area contributed by atoms with Crippen LogP contribution in [0.1, 0.15) is 71.1 Å². The highest BCUT2D eigenvalue weighted by atomic mass is 16.6. The van der Waals surface area contributed by atoms with Crippen molar-refractivity contribution in [3.05, 3.63) is 0 Å². The Morgan fingerprint density at radius 2 is 1.32 bits per heavy atom. The van der Waals surface area contributed by atoms with Crippen LogP contribution in [0.15, 0.2) is 0 Å². The zero-order valence-electron chi connectivity index (χ0n) is 11.7. The highest BCUT2D eigenvalue weighted by molar-refractivity contribution is 6.30. The zero-order valence-corrected chi connectivity index (χ0v) is 11.7. The molecular formula is C14H24O5. The molecule has 0 saturated carbocycles. The lowest BCUT2D eigenvalue weighted by Gasteiger charge is -2.02. The van der Waals surface area contributed by atoms with Gasteiger partial charge in [-0.25, -0.2) is 9.59 Å². The summed E-state index contributed by atoms with van der Waals surface area (Å²) < 4.78 is 4.11. The minimum atomic E-state index is -1.74. The summed E-state index contributed by atoms with van der Waals surface area (Å²) in [6, 6.07) is 0. The van der Waals surface area contributed by atoms with Crippen LogP contribution in [0.3, 0.4) is 0 Å². The summed E-state index contributed by atoms with van der Waals surface area (Å²) in [6.45, 7) is 2.19. The molecule has 0 spiro atoms. The summed E-state index contributed by atoms with van der Waals surface area (Å²) in [5.74, 6) is -3.99. The van der Waals surface area contributed by atoms with Crippen molar-refractivity contribution in [2.75, 3.05) is 0 Å². The van der Waals surface area contributed by atoms with E-state index in [9.17, 15) is 14.4 Å². The molecular weight excluding hydrogens is 248 g/mol. The van der Waals surface area contributed by atoms with Gasteiger partial charge in [0.25, 0.3) is 0 Å². The molecule has 0 aliphatic rings. The maximum absolute atomic E-state index is 11.1. The Bertz CT molecular complexity index is 286.